The summed E-state index contributed by atoms with van der Waals surface area (Å²) in [6.45, 7) is 4.76. The average molecular weight is 315 g/mol. The largest absolute Gasteiger partial charge is 0.463 e. The fourth-order valence-electron chi connectivity index (χ4n) is 2.14. The van der Waals surface area contributed by atoms with E-state index in [2.05, 4.69) is 20.3 Å². The predicted octanol–water partition coefficient (Wildman–Crippen LogP) is 0.325. The summed E-state index contributed by atoms with van der Waals surface area (Å²) in [7, 11) is -1.26. The number of hydrogen-bond donors (Lipinski definition) is 1. The van der Waals surface area contributed by atoms with E-state index in [0.29, 0.717) is 25.0 Å². The zero-order valence-corrected chi connectivity index (χ0v) is 13.4. The number of hydrogen-bond acceptors (Lipinski definition) is 8. The molecule has 0 aliphatic carbocycles. The van der Waals surface area contributed by atoms with Crippen molar-refractivity contribution in [2.75, 3.05) is 41.9 Å². The van der Waals surface area contributed by atoms with Gasteiger partial charge in [-0.1, -0.05) is 6.92 Å². The lowest BCUT2D eigenvalue weighted by Crippen LogP contribution is -2.47. The quantitative estimate of drug-likeness (QED) is 0.830. The molecule has 1 N–H and O–H groups in total. The third-order valence-corrected chi connectivity index (χ3v) is 4.98. The van der Waals surface area contributed by atoms with Crippen molar-refractivity contribution in [3.8, 4) is 6.01 Å². The molecule has 1 fully saturated rings. The summed E-state index contributed by atoms with van der Waals surface area (Å²) in [5.41, 5.74) is 0. The molecule has 0 aromatic carbocycles. The molecule has 2 rings (SSSR count). The minimum absolute atomic E-state index is 0.110. The van der Waals surface area contributed by atoms with Crippen LogP contribution in [0.5, 0.6) is 6.01 Å². The molecular weight excluding hydrogens is 294 g/mol. The SMILES string of the molecule is CCCOc1nc(NC)nc(N2CCS(=O)(=O)CC2C)n1. The van der Waals surface area contributed by atoms with Crippen LogP contribution in [-0.4, -0.2) is 61.1 Å². The standard InChI is InChI=1S/C12H21N5O3S/c1-4-6-20-12-15-10(13-3)14-11(16-12)17-5-7-21(18,19)8-9(17)2/h9H,4-8H2,1-3H3,(H,13,14,15,16). The molecule has 1 aliphatic heterocycles. The van der Waals surface area contributed by atoms with Gasteiger partial charge >= 0.3 is 6.01 Å². The Balaban J connectivity index is 2.25. The maximum absolute atomic E-state index is 11.7. The predicted molar refractivity (Wildman–Crippen MR) is 80.6 cm³/mol. The lowest BCUT2D eigenvalue weighted by molar-refractivity contribution is 0.291. The van der Waals surface area contributed by atoms with Gasteiger partial charge in [-0.2, -0.15) is 15.0 Å². The van der Waals surface area contributed by atoms with Gasteiger partial charge in [0.1, 0.15) is 0 Å². The highest BCUT2D eigenvalue weighted by molar-refractivity contribution is 7.91. The molecular formula is C12H21N5O3S. The van der Waals surface area contributed by atoms with Crippen molar-refractivity contribution in [3.05, 3.63) is 0 Å². The van der Waals surface area contributed by atoms with E-state index in [1.807, 2.05) is 18.7 Å². The molecule has 0 spiro atoms. The summed E-state index contributed by atoms with van der Waals surface area (Å²) >= 11 is 0. The van der Waals surface area contributed by atoms with E-state index in [9.17, 15) is 8.42 Å². The minimum atomic E-state index is -2.97. The second-order valence-corrected chi connectivity index (χ2v) is 7.23. The molecule has 118 valence electrons. The Morgan fingerprint density at radius 1 is 1.38 bits per heavy atom. The number of anilines is 2. The Bertz CT molecular complexity index is 593. The van der Waals surface area contributed by atoms with Crippen molar-refractivity contribution >= 4 is 21.7 Å². The van der Waals surface area contributed by atoms with Gasteiger partial charge in [0, 0.05) is 19.6 Å². The van der Waals surface area contributed by atoms with Crippen LogP contribution in [-0.2, 0) is 9.84 Å². The Kier molecular flexibility index (Phi) is 4.81. The number of nitrogens with zero attached hydrogens (tertiary/aromatic N) is 4. The number of sulfone groups is 1. The van der Waals surface area contributed by atoms with Gasteiger partial charge < -0.3 is 15.0 Å². The Morgan fingerprint density at radius 3 is 2.76 bits per heavy atom. The highest BCUT2D eigenvalue weighted by atomic mass is 32.2. The molecule has 2 heterocycles. The van der Waals surface area contributed by atoms with Gasteiger partial charge in [0.2, 0.25) is 11.9 Å². The van der Waals surface area contributed by atoms with Crippen LogP contribution in [0.15, 0.2) is 0 Å². The first-order chi connectivity index (χ1) is 9.95. The zero-order valence-electron chi connectivity index (χ0n) is 12.5. The van der Waals surface area contributed by atoms with Crippen LogP contribution in [0.3, 0.4) is 0 Å². The Labute approximate surface area is 124 Å². The van der Waals surface area contributed by atoms with Crippen molar-refractivity contribution < 1.29 is 13.2 Å². The number of aromatic nitrogens is 3. The lowest BCUT2D eigenvalue weighted by atomic mass is 10.3. The number of ether oxygens (including phenoxy) is 1. The van der Waals surface area contributed by atoms with Crippen LogP contribution >= 0.6 is 0 Å². The van der Waals surface area contributed by atoms with E-state index in [-0.39, 0.29) is 23.6 Å². The molecule has 0 bridgehead atoms. The van der Waals surface area contributed by atoms with Crippen molar-refractivity contribution in [2.45, 2.75) is 26.3 Å². The molecule has 1 aromatic heterocycles. The van der Waals surface area contributed by atoms with E-state index in [1.54, 1.807) is 7.05 Å². The summed E-state index contributed by atoms with van der Waals surface area (Å²) in [6, 6.07) is 0.0849. The molecule has 1 atom stereocenters. The number of nitrogens with one attached hydrogen (secondary N) is 1. The van der Waals surface area contributed by atoms with Gasteiger partial charge in [0.15, 0.2) is 9.84 Å². The van der Waals surface area contributed by atoms with Crippen LogP contribution in [0.4, 0.5) is 11.9 Å². The first-order valence-corrected chi connectivity index (χ1v) is 8.81. The normalized spacial score (nSPS) is 21.1. The molecule has 1 unspecified atom stereocenters. The third-order valence-electron chi connectivity index (χ3n) is 3.19. The molecule has 1 aliphatic rings. The molecule has 9 heteroatoms. The van der Waals surface area contributed by atoms with Crippen molar-refractivity contribution in [1.29, 1.82) is 0 Å². The van der Waals surface area contributed by atoms with Crippen LogP contribution in [0.25, 0.3) is 0 Å². The second kappa shape index (κ2) is 6.42. The average Bonchev–Trinajstić information content (AvgIpc) is 2.43. The maximum atomic E-state index is 11.7. The molecule has 21 heavy (non-hydrogen) atoms. The van der Waals surface area contributed by atoms with Crippen LogP contribution < -0.4 is 15.0 Å². The molecule has 1 aromatic rings. The van der Waals surface area contributed by atoms with Gasteiger partial charge in [-0.05, 0) is 13.3 Å². The fraction of sp³-hybridized carbons (Fsp3) is 0.750. The highest BCUT2D eigenvalue weighted by Gasteiger charge is 2.30. The lowest BCUT2D eigenvalue weighted by Gasteiger charge is -2.33. The van der Waals surface area contributed by atoms with E-state index in [1.165, 1.54) is 0 Å². The van der Waals surface area contributed by atoms with Crippen LogP contribution in [0, 0.1) is 0 Å². The summed E-state index contributed by atoms with van der Waals surface area (Å²) in [5, 5.41) is 2.87. The van der Waals surface area contributed by atoms with Crippen molar-refractivity contribution in [2.24, 2.45) is 0 Å². The van der Waals surface area contributed by atoms with Gasteiger partial charge in [-0.25, -0.2) is 8.42 Å². The molecule has 0 radical (unpaired) electrons. The minimum Gasteiger partial charge on any atom is -0.463 e. The Morgan fingerprint density at radius 2 is 2.14 bits per heavy atom. The maximum Gasteiger partial charge on any atom is 0.323 e. The first kappa shape index (κ1) is 15.7. The molecule has 1 saturated heterocycles. The summed E-state index contributed by atoms with van der Waals surface area (Å²) in [6.07, 6.45) is 0.855. The van der Waals surface area contributed by atoms with Crippen molar-refractivity contribution in [1.82, 2.24) is 15.0 Å². The van der Waals surface area contributed by atoms with E-state index in [0.717, 1.165) is 6.42 Å². The van der Waals surface area contributed by atoms with Crippen molar-refractivity contribution in [3.63, 3.8) is 0 Å². The number of rotatable bonds is 5. The van der Waals surface area contributed by atoms with Crippen LogP contribution in [0.1, 0.15) is 20.3 Å². The summed E-state index contributed by atoms with van der Waals surface area (Å²) in [5.74, 6) is 1.08. The summed E-state index contributed by atoms with van der Waals surface area (Å²) < 4.78 is 28.8. The second-order valence-electron chi connectivity index (χ2n) is 5.00. The zero-order chi connectivity index (χ0) is 15.5. The molecule has 8 nitrogen and oxygen atoms in total. The van der Waals surface area contributed by atoms with E-state index < -0.39 is 9.84 Å². The van der Waals surface area contributed by atoms with Gasteiger partial charge in [-0.15, -0.1) is 0 Å². The van der Waals surface area contributed by atoms with Gasteiger partial charge in [-0.3, -0.25) is 0 Å². The fourth-order valence-corrected chi connectivity index (χ4v) is 3.70. The smallest absolute Gasteiger partial charge is 0.323 e. The highest BCUT2D eigenvalue weighted by Crippen LogP contribution is 2.20. The topological polar surface area (TPSA) is 97.3 Å². The monoisotopic (exact) mass is 315 g/mol. The van der Waals surface area contributed by atoms with Gasteiger partial charge in [0.25, 0.3) is 0 Å². The first-order valence-electron chi connectivity index (χ1n) is 6.99. The third kappa shape index (κ3) is 3.93. The van der Waals surface area contributed by atoms with E-state index in [4.69, 9.17) is 4.74 Å². The van der Waals surface area contributed by atoms with Crippen LogP contribution in [0.2, 0.25) is 0 Å². The molecule has 0 amide bonds. The van der Waals surface area contributed by atoms with Gasteiger partial charge in [0.05, 0.1) is 18.1 Å². The van der Waals surface area contributed by atoms with E-state index >= 15 is 0 Å². The summed E-state index contributed by atoms with van der Waals surface area (Å²) in [4.78, 5) is 14.6. The Hall–Kier alpha value is -1.64. The molecule has 0 saturated carbocycles.